The van der Waals surface area contributed by atoms with Crippen molar-refractivity contribution in [2.45, 2.75) is 98.2 Å². The molecule has 20 N–H and O–H groups in total. The van der Waals surface area contributed by atoms with E-state index in [1.54, 1.807) is 0 Å². The first kappa shape index (κ1) is 71.9. The Bertz CT molecular complexity index is 3840. The molecule has 52 heteroatoms. The van der Waals surface area contributed by atoms with Crippen LogP contribution in [0.15, 0.2) is 50.6 Å². The Morgan fingerprint density at radius 2 is 0.546 bits per heavy atom. The van der Waals surface area contributed by atoms with Gasteiger partial charge in [0.2, 0.25) is 0 Å². The van der Waals surface area contributed by atoms with Gasteiger partial charge in [0.05, 0.1) is 83.6 Å². The third kappa shape index (κ3) is 15.0. The lowest BCUT2D eigenvalue weighted by atomic mass is 9.93. The zero-order valence-electron chi connectivity index (χ0n) is 49.2. The van der Waals surface area contributed by atoms with Gasteiger partial charge >= 0.3 is 26.9 Å². The van der Waals surface area contributed by atoms with Crippen LogP contribution in [0.2, 0.25) is 0 Å². The summed E-state index contributed by atoms with van der Waals surface area (Å²) in [6.07, 6.45) is -15.4. The number of aliphatic hydroxyl groups is 8. The van der Waals surface area contributed by atoms with Gasteiger partial charge in [0, 0.05) is 0 Å². The molecule has 0 radical (unpaired) electrons. The SMILES string of the molecule is Nc1ncnc2c1ncn2C1OC(COP(O)(=S)OCC(COP(O)(=S)OCC2OC(n3cnc4c(N)ncnc43)C(O)C2O)(COP(O)(=S)OCC2OC(n3cnc4c(N)ncnc43)C(O)C2O)COP(O)(=S)OCC2OC(n3cnc4c(N)ncnc43)C(O)C2O)C(O)C1O. The lowest BCUT2D eigenvalue weighted by molar-refractivity contribution is -0.0597. The van der Waals surface area contributed by atoms with Crippen molar-refractivity contribution >= 4 is 142 Å². The highest BCUT2D eigenvalue weighted by atomic mass is 32.5. The highest BCUT2D eigenvalue weighted by molar-refractivity contribution is 8.08. The first-order valence-electron chi connectivity index (χ1n) is 28.2. The maximum absolute atomic E-state index is 11.8. The minimum atomic E-state index is -4.72. The number of nitrogens with zero attached hydrogens (tertiary/aromatic N) is 16. The Morgan fingerprint density at radius 3 is 0.753 bits per heavy atom. The van der Waals surface area contributed by atoms with Crippen molar-refractivity contribution < 1.29 is 116 Å². The number of hydrogen-bond donors (Lipinski definition) is 16. The summed E-state index contributed by atoms with van der Waals surface area (Å²) < 4.78 is 74.9. The molecule has 0 aromatic carbocycles. The van der Waals surface area contributed by atoms with Gasteiger partial charge in [0.25, 0.3) is 0 Å². The lowest BCUT2D eigenvalue weighted by Crippen LogP contribution is -2.41. The minimum absolute atomic E-state index is 0.00262. The van der Waals surface area contributed by atoms with Crippen LogP contribution in [0.3, 0.4) is 0 Å². The van der Waals surface area contributed by atoms with E-state index in [4.69, 9.17) is 125 Å². The zero-order chi connectivity index (χ0) is 69.3. The van der Waals surface area contributed by atoms with Crippen LogP contribution in [-0.2, 0) is 102 Å². The number of nitrogens with two attached hydrogens (primary N) is 4. The maximum atomic E-state index is 11.8. The van der Waals surface area contributed by atoms with E-state index in [-0.39, 0.29) is 67.9 Å². The monoisotopic (exact) mass is 1520 g/mol. The molecule has 20 atom stereocenters. The molecule has 44 nitrogen and oxygen atoms in total. The van der Waals surface area contributed by atoms with Crippen molar-refractivity contribution in [3.05, 3.63) is 50.6 Å². The number of aliphatic hydroxyl groups excluding tert-OH is 8. The van der Waals surface area contributed by atoms with Crippen molar-refractivity contribution in [2.75, 3.05) is 75.8 Å². The first-order chi connectivity index (χ1) is 45.9. The van der Waals surface area contributed by atoms with Crippen LogP contribution < -0.4 is 22.9 Å². The molecular weight excluding hydrogens is 1460 g/mol. The Labute approximate surface area is 563 Å². The van der Waals surface area contributed by atoms with E-state index in [2.05, 4.69) is 59.8 Å². The number of nitrogen functional groups attached to an aromatic ring is 4. The molecule has 0 amide bonds. The predicted molar refractivity (Wildman–Crippen MR) is 339 cm³/mol. The molecule has 528 valence electrons. The number of imidazole rings is 4. The molecule has 4 aliphatic heterocycles. The van der Waals surface area contributed by atoms with Gasteiger partial charge in [-0.25, -0.2) is 59.8 Å². The second-order valence-corrected chi connectivity index (χ2v) is 33.5. The molecule has 0 aliphatic carbocycles. The molecule has 4 aliphatic rings. The number of ether oxygens (including phenoxy) is 4. The normalized spacial score (nSPS) is 30.9. The van der Waals surface area contributed by atoms with Crippen LogP contribution >= 0.6 is 26.9 Å². The standard InChI is InChI=1S/C45H60N20O24P4S4/c46-33-21-37(54-9-50-33)62(13-58-21)41-29(70)25(66)17(86-41)1-78-90(74,94)82-5-45(6-83-91(75,95)79-2-18-26(67)30(71)42(87-18)63-14-59-22-34(47)51-10-55-38(22)63,7-84-92(76,96)80-3-19-27(68)31(72)43(88-19)64-15-60-23-35(48)52-11-56-39(23)64)8-85-93(77,97)81-4-20-28(69)32(73)44(89-20)65-16-61-24-36(49)53-12-57-40(24)65/h9-20,25-32,41-44,66-73H,1-8H2,(H,74,94)(H,75,95)(H,76,96)(H,77,97)(H2,46,50,54)(H2,47,51,55)(H2,48,52,56)(H2,49,53,57). The quantitative estimate of drug-likeness (QED) is 0.0205. The van der Waals surface area contributed by atoms with E-state index in [1.165, 1.54) is 43.6 Å². The van der Waals surface area contributed by atoms with Crippen molar-refractivity contribution in [1.29, 1.82) is 0 Å². The number of fused-ring (bicyclic) bond motifs is 4. The molecule has 8 aromatic heterocycles. The summed E-state index contributed by atoms with van der Waals surface area (Å²) in [5.74, 6) is 0.0105. The second-order valence-electron chi connectivity index (χ2n) is 22.2. The largest absolute Gasteiger partial charge is 0.387 e. The topological polar surface area (TPSA) is 632 Å². The van der Waals surface area contributed by atoms with E-state index in [1.807, 2.05) is 0 Å². The molecule has 4 fully saturated rings. The van der Waals surface area contributed by atoms with Gasteiger partial charge in [-0.1, -0.05) is 0 Å². The van der Waals surface area contributed by atoms with Crippen LogP contribution in [-0.4, -0.2) is 265 Å². The van der Waals surface area contributed by atoms with Crippen molar-refractivity contribution in [2.24, 2.45) is 5.41 Å². The second kappa shape index (κ2) is 28.5. The van der Waals surface area contributed by atoms with Gasteiger partial charge in [-0.15, -0.1) is 0 Å². The van der Waals surface area contributed by atoms with Crippen LogP contribution in [0.4, 0.5) is 23.3 Å². The fourth-order valence-electron chi connectivity index (χ4n) is 10.6. The Morgan fingerprint density at radius 1 is 0.340 bits per heavy atom. The third-order valence-electron chi connectivity index (χ3n) is 15.7. The van der Waals surface area contributed by atoms with Crippen LogP contribution in [0.5, 0.6) is 0 Å². The van der Waals surface area contributed by atoms with Gasteiger partial charge in [-0.05, 0) is 47.2 Å². The predicted octanol–water partition coefficient (Wildman–Crippen LogP) is -4.86. The summed E-state index contributed by atoms with van der Waals surface area (Å²) in [6.45, 7) is -26.4. The number of rotatable bonds is 28. The number of aromatic nitrogens is 16. The Balaban J connectivity index is 0.791. The summed E-state index contributed by atoms with van der Waals surface area (Å²) in [7, 11) is 0. The molecule has 8 aromatic rings. The average molecular weight is 1520 g/mol. The van der Waals surface area contributed by atoms with Gasteiger partial charge in [-0.3, -0.25) is 18.3 Å². The zero-order valence-corrected chi connectivity index (χ0v) is 56.0. The maximum Gasteiger partial charge on any atom is 0.324 e. The van der Waals surface area contributed by atoms with E-state index in [0.717, 1.165) is 25.3 Å². The summed E-state index contributed by atoms with van der Waals surface area (Å²) in [5.41, 5.74) is 22.6. The van der Waals surface area contributed by atoms with Crippen molar-refractivity contribution in [3.8, 4) is 0 Å². The van der Waals surface area contributed by atoms with Crippen molar-refractivity contribution in [1.82, 2.24) is 78.1 Å². The van der Waals surface area contributed by atoms with Gasteiger partial charge < -0.3 is 138 Å². The van der Waals surface area contributed by atoms with E-state index in [9.17, 15) is 60.4 Å². The summed E-state index contributed by atoms with van der Waals surface area (Å²) in [5, 5.41) is 89.3. The summed E-state index contributed by atoms with van der Waals surface area (Å²) in [6, 6.07) is 0. The van der Waals surface area contributed by atoms with Gasteiger partial charge in [-0.2, -0.15) is 0 Å². The smallest absolute Gasteiger partial charge is 0.324 e. The molecule has 0 bridgehead atoms. The summed E-state index contributed by atoms with van der Waals surface area (Å²) in [4.78, 5) is 95.8. The molecule has 0 spiro atoms. The fourth-order valence-corrected chi connectivity index (χ4v) is 15.3. The van der Waals surface area contributed by atoms with Gasteiger partial charge in [0.15, 0.2) is 70.8 Å². The molecule has 20 unspecified atom stereocenters. The first-order valence-corrected chi connectivity index (χ1v) is 38.6. The summed E-state index contributed by atoms with van der Waals surface area (Å²) >= 11 is 21.7. The number of anilines is 4. The molecule has 4 saturated heterocycles. The molecule has 0 saturated carbocycles. The molecule has 12 rings (SSSR count). The highest BCUT2D eigenvalue weighted by Crippen LogP contribution is 2.54. The van der Waals surface area contributed by atoms with E-state index < -0.39 is 183 Å². The molecular formula is C45H60N20O24P4S4. The van der Waals surface area contributed by atoms with E-state index in [0.29, 0.717) is 0 Å². The minimum Gasteiger partial charge on any atom is -0.387 e. The van der Waals surface area contributed by atoms with Crippen LogP contribution in [0.25, 0.3) is 44.7 Å². The molecule has 97 heavy (non-hydrogen) atoms. The van der Waals surface area contributed by atoms with Crippen LogP contribution in [0.1, 0.15) is 24.9 Å². The Kier molecular flexibility index (Phi) is 21.1. The van der Waals surface area contributed by atoms with Crippen LogP contribution in [0, 0.1) is 5.41 Å². The highest BCUT2D eigenvalue weighted by Gasteiger charge is 2.50. The van der Waals surface area contributed by atoms with Gasteiger partial charge in [0.1, 0.15) is 121 Å². The number of hydrogen-bond acceptors (Lipinski definition) is 40. The fraction of sp³-hybridized carbons (Fsp3) is 0.556. The third-order valence-corrected chi connectivity index (χ3v) is 22.0. The Hall–Kier alpha value is -4.96. The van der Waals surface area contributed by atoms with Crippen molar-refractivity contribution in [3.63, 3.8) is 0 Å². The van der Waals surface area contributed by atoms with E-state index >= 15 is 0 Å². The average Bonchev–Trinajstić information content (AvgIpc) is 1.64. The molecule has 12 heterocycles. The lowest BCUT2D eigenvalue weighted by Gasteiger charge is -2.36.